The third-order valence-corrected chi connectivity index (χ3v) is 3.28. The number of anilines is 1. The van der Waals surface area contributed by atoms with Crippen LogP contribution in [0.4, 0.5) is 18.9 Å². The number of rotatable bonds is 6. The van der Waals surface area contributed by atoms with Crippen molar-refractivity contribution in [1.29, 1.82) is 0 Å². The molecule has 0 bridgehead atoms. The van der Waals surface area contributed by atoms with Gasteiger partial charge in [-0.05, 0) is 30.5 Å². The highest BCUT2D eigenvalue weighted by Gasteiger charge is 2.63. The van der Waals surface area contributed by atoms with Gasteiger partial charge in [0, 0.05) is 12.6 Å². The number of carbonyl (C=O) groups is 2. The van der Waals surface area contributed by atoms with E-state index in [4.69, 9.17) is 0 Å². The Bertz CT molecular complexity index is 585. The molecule has 1 rings (SSSR count). The Morgan fingerprint density at radius 1 is 1.17 bits per heavy atom. The Kier molecular flexibility index (Phi) is 6.22. The zero-order chi connectivity index (χ0) is 18.5. The van der Waals surface area contributed by atoms with Gasteiger partial charge in [0.25, 0.3) is 0 Å². The lowest BCUT2D eigenvalue weighted by Crippen LogP contribution is -2.69. The van der Waals surface area contributed by atoms with Crippen LogP contribution < -0.4 is 10.6 Å². The molecule has 1 amide bonds. The predicted molar refractivity (Wildman–Crippen MR) is 83.4 cm³/mol. The predicted octanol–water partition coefficient (Wildman–Crippen LogP) is 3.18. The second-order valence-corrected chi connectivity index (χ2v) is 5.55. The molecule has 24 heavy (non-hydrogen) atoms. The Labute approximate surface area is 138 Å². The van der Waals surface area contributed by atoms with Crippen LogP contribution in [-0.2, 0) is 14.3 Å². The maximum absolute atomic E-state index is 13.6. The summed E-state index contributed by atoms with van der Waals surface area (Å²) in [5.74, 6) is -2.45. The number of amides is 1. The van der Waals surface area contributed by atoms with Gasteiger partial charge >= 0.3 is 17.8 Å². The maximum Gasteiger partial charge on any atom is 0.441 e. The molecule has 0 aliphatic carbocycles. The molecule has 0 aromatic heterocycles. The largest absolute Gasteiger partial charge is 0.463 e. The number of ether oxygens (including phenoxy) is 1. The highest BCUT2D eigenvalue weighted by atomic mass is 19.4. The average Bonchev–Trinajstić information content (AvgIpc) is 2.45. The SMILES string of the molecule is CCOC(=O)[C@@](NC(C)=O)(Nc1ccc(C(C)C)cc1)C(F)(F)F. The van der Waals surface area contributed by atoms with Crippen LogP contribution in [0.25, 0.3) is 0 Å². The van der Waals surface area contributed by atoms with Gasteiger partial charge in [-0.25, -0.2) is 4.79 Å². The first kappa shape index (κ1) is 19.8. The van der Waals surface area contributed by atoms with Crippen LogP contribution in [0, 0.1) is 0 Å². The minimum absolute atomic E-state index is 0.0264. The summed E-state index contributed by atoms with van der Waals surface area (Å²) >= 11 is 0. The van der Waals surface area contributed by atoms with E-state index in [9.17, 15) is 22.8 Å². The molecule has 0 saturated carbocycles. The fraction of sp³-hybridized carbons (Fsp3) is 0.500. The summed E-state index contributed by atoms with van der Waals surface area (Å²) in [7, 11) is 0. The fourth-order valence-electron chi connectivity index (χ4n) is 2.06. The summed E-state index contributed by atoms with van der Waals surface area (Å²) in [5, 5.41) is 3.74. The normalized spacial score (nSPS) is 14.0. The van der Waals surface area contributed by atoms with Crippen molar-refractivity contribution < 1.29 is 27.5 Å². The summed E-state index contributed by atoms with van der Waals surface area (Å²) in [6.07, 6.45) is -5.11. The first-order valence-corrected chi connectivity index (χ1v) is 7.44. The molecule has 2 N–H and O–H groups in total. The van der Waals surface area contributed by atoms with Crippen molar-refractivity contribution in [1.82, 2.24) is 5.32 Å². The molecule has 0 unspecified atom stereocenters. The van der Waals surface area contributed by atoms with Crippen molar-refractivity contribution in [3.63, 3.8) is 0 Å². The van der Waals surface area contributed by atoms with Gasteiger partial charge in [-0.15, -0.1) is 0 Å². The number of benzene rings is 1. The van der Waals surface area contributed by atoms with Crippen molar-refractivity contribution in [3.8, 4) is 0 Å². The number of halogens is 3. The number of hydrogen-bond acceptors (Lipinski definition) is 4. The van der Waals surface area contributed by atoms with E-state index >= 15 is 0 Å². The van der Waals surface area contributed by atoms with Crippen molar-refractivity contribution >= 4 is 17.6 Å². The van der Waals surface area contributed by atoms with Crippen LogP contribution in [0.5, 0.6) is 0 Å². The monoisotopic (exact) mass is 346 g/mol. The standard InChI is InChI=1S/C16H21F3N2O3/c1-5-24-14(23)15(16(17,18)19,20-11(4)22)21-13-8-6-12(7-9-13)10(2)3/h6-10,21H,5H2,1-4H3,(H,20,22)/t15-/m1/s1. The average molecular weight is 346 g/mol. The topological polar surface area (TPSA) is 67.4 Å². The third kappa shape index (κ3) is 4.39. The first-order valence-electron chi connectivity index (χ1n) is 7.44. The first-order chi connectivity index (χ1) is 11.0. The lowest BCUT2D eigenvalue weighted by molar-refractivity contribution is -0.207. The van der Waals surface area contributed by atoms with Crippen LogP contribution in [0.2, 0.25) is 0 Å². The van der Waals surface area contributed by atoms with Crippen LogP contribution in [0.15, 0.2) is 24.3 Å². The molecule has 0 aliphatic heterocycles. The van der Waals surface area contributed by atoms with E-state index in [2.05, 4.69) is 10.1 Å². The Morgan fingerprint density at radius 3 is 2.08 bits per heavy atom. The summed E-state index contributed by atoms with van der Waals surface area (Å²) in [6, 6.07) is 6.12. The molecule has 0 spiro atoms. The van der Waals surface area contributed by atoms with E-state index in [-0.39, 0.29) is 18.2 Å². The summed E-state index contributed by atoms with van der Waals surface area (Å²) in [5.41, 5.74) is -2.40. The maximum atomic E-state index is 13.6. The molecular formula is C16H21F3N2O3. The zero-order valence-electron chi connectivity index (χ0n) is 14.0. The molecule has 0 aliphatic rings. The Morgan fingerprint density at radius 2 is 1.71 bits per heavy atom. The van der Waals surface area contributed by atoms with Gasteiger partial charge in [0.2, 0.25) is 5.91 Å². The van der Waals surface area contributed by atoms with Crippen molar-refractivity contribution in [2.24, 2.45) is 0 Å². The molecule has 0 heterocycles. The molecule has 0 saturated heterocycles. The van der Waals surface area contributed by atoms with Gasteiger partial charge in [-0.2, -0.15) is 13.2 Å². The smallest absolute Gasteiger partial charge is 0.441 e. The van der Waals surface area contributed by atoms with Crippen LogP contribution in [0.3, 0.4) is 0 Å². The zero-order valence-corrected chi connectivity index (χ0v) is 14.0. The second-order valence-electron chi connectivity index (χ2n) is 5.55. The minimum atomic E-state index is -5.11. The van der Waals surface area contributed by atoms with Crippen molar-refractivity contribution in [2.45, 2.75) is 45.5 Å². The van der Waals surface area contributed by atoms with Crippen LogP contribution >= 0.6 is 0 Å². The van der Waals surface area contributed by atoms with Crippen LogP contribution in [0.1, 0.15) is 39.2 Å². The fourth-order valence-corrected chi connectivity index (χ4v) is 2.06. The van der Waals surface area contributed by atoms with Crippen LogP contribution in [-0.4, -0.2) is 30.3 Å². The van der Waals surface area contributed by atoms with Crippen molar-refractivity contribution in [2.75, 3.05) is 11.9 Å². The van der Waals surface area contributed by atoms with E-state index in [0.29, 0.717) is 0 Å². The van der Waals surface area contributed by atoms with E-state index in [1.165, 1.54) is 19.1 Å². The number of carbonyl (C=O) groups excluding carboxylic acids is 2. The summed E-state index contributed by atoms with van der Waals surface area (Å²) in [4.78, 5) is 23.3. The Balaban J connectivity index is 3.29. The molecule has 134 valence electrons. The molecule has 1 aromatic carbocycles. The molecule has 1 aromatic rings. The lowest BCUT2D eigenvalue weighted by Gasteiger charge is -2.35. The van der Waals surface area contributed by atoms with Gasteiger partial charge in [-0.3, -0.25) is 4.79 Å². The van der Waals surface area contributed by atoms with Gasteiger partial charge < -0.3 is 15.4 Å². The number of esters is 1. The third-order valence-electron chi connectivity index (χ3n) is 3.28. The minimum Gasteiger partial charge on any atom is -0.463 e. The lowest BCUT2D eigenvalue weighted by atomic mass is 10.0. The van der Waals surface area contributed by atoms with Gasteiger partial charge in [0.1, 0.15) is 0 Å². The number of nitrogens with one attached hydrogen (secondary N) is 2. The molecule has 5 nitrogen and oxygen atoms in total. The molecule has 0 radical (unpaired) electrons. The Hall–Kier alpha value is -2.25. The quantitative estimate of drug-likeness (QED) is 0.613. The molecule has 0 fully saturated rings. The molecular weight excluding hydrogens is 325 g/mol. The van der Waals surface area contributed by atoms with Gasteiger partial charge in [-0.1, -0.05) is 26.0 Å². The molecule has 8 heteroatoms. The molecule has 1 atom stereocenters. The van der Waals surface area contributed by atoms with Gasteiger partial charge in [0.05, 0.1) is 6.61 Å². The summed E-state index contributed by atoms with van der Waals surface area (Å²) in [6.45, 7) is 5.90. The van der Waals surface area contributed by atoms with E-state index < -0.39 is 23.7 Å². The van der Waals surface area contributed by atoms with Gasteiger partial charge in [0.15, 0.2) is 0 Å². The highest BCUT2D eigenvalue weighted by Crippen LogP contribution is 2.33. The number of hydrogen-bond donors (Lipinski definition) is 2. The van der Waals surface area contributed by atoms with E-state index in [1.54, 1.807) is 17.4 Å². The number of alkyl halides is 3. The van der Waals surface area contributed by atoms with Crippen molar-refractivity contribution in [3.05, 3.63) is 29.8 Å². The summed E-state index contributed by atoms with van der Waals surface area (Å²) < 4.78 is 45.4. The second kappa shape index (κ2) is 7.55. The van der Waals surface area contributed by atoms with E-state index in [1.807, 2.05) is 13.8 Å². The van der Waals surface area contributed by atoms with E-state index in [0.717, 1.165) is 12.5 Å². The highest BCUT2D eigenvalue weighted by molar-refractivity contribution is 5.90.